The monoisotopic (exact) mass is 456 g/mol. The Morgan fingerprint density at radius 1 is 0.967 bits per heavy atom. The van der Waals surface area contributed by atoms with Gasteiger partial charge in [-0.05, 0) is 54.8 Å². The van der Waals surface area contributed by atoms with Crippen LogP contribution in [0.4, 0.5) is 5.69 Å². The minimum absolute atomic E-state index is 0.00576. The molecule has 0 aliphatic heterocycles. The second kappa shape index (κ2) is 7.31. The molecule has 1 aliphatic rings. The highest BCUT2D eigenvalue weighted by Gasteiger charge is 2.35. The van der Waals surface area contributed by atoms with Crippen LogP contribution in [0.25, 0.3) is 33.5 Å². The number of hydrogen-bond acceptors (Lipinski definition) is 4. The standard InChI is InChI=1S/C23H15Cl3N2O2/c24-13-5-3-11(4-6-13)16-10-17-19(27)22(21(29)12-1-2-12)30-23(17)28-20(16)15-8-7-14(25)9-18(15)26/h3-10,12H,1-2,27H2. The molecule has 0 saturated heterocycles. The fraction of sp³-hybridized carbons (Fsp3) is 0.130. The van der Waals surface area contributed by atoms with Gasteiger partial charge < -0.3 is 10.2 Å². The summed E-state index contributed by atoms with van der Waals surface area (Å²) in [6, 6.07) is 14.5. The average molecular weight is 458 g/mol. The third-order valence-electron chi connectivity index (χ3n) is 5.23. The highest BCUT2D eigenvalue weighted by Crippen LogP contribution is 2.42. The van der Waals surface area contributed by atoms with Crippen molar-refractivity contribution < 1.29 is 9.21 Å². The van der Waals surface area contributed by atoms with Crippen molar-refractivity contribution >= 4 is 57.4 Å². The van der Waals surface area contributed by atoms with Crippen molar-refractivity contribution in [1.29, 1.82) is 0 Å². The number of Topliss-reactive ketones (excluding diaryl/α,β-unsaturated/α-hetero) is 1. The normalized spacial score (nSPS) is 13.7. The second-order valence-corrected chi connectivity index (χ2v) is 8.63. The SMILES string of the molecule is Nc1c(C(=O)C2CC2)oc2nc(-c3ccc(Cl)cc3Cl)c(-c3ccc(Cl)cc3)cc12. The average Bonchev–Trinajstić information content (AvgIpc) is 3.52. The lowest BCUT2D eigenvalue weighted by molar-refractivity contribution is 0.0943. The van der Waals surface area contributed by atoms with Crippen LogP contribution in [-0.4, -0.2) is 10.8 Å². The zero-order valence-electron chi connectivity index (χ0n) is 15.6. The van der Waals surface area contributed by atoms with Crippen LogP contribution in [0.1, 0.15) is 23.4 Å². The Bertz CT molecular complexity index is 1310. The van der Waals surface area contributed by atoms with Crippen molar-refractivity contribution in [2.75, 3.05) is 5.73 Å². The van der Waals surface area contributed by atoms with Gasteiger partial charge in [0.1, 0.15) is 0 Å². The Labute approximate surface area is 187 Å². The van der Waals surface area contributed by atoms with E-state index < -0.39 is 0 Å². The minimum Gasteiger partial charge on any atom is -0.432 e. The molecule has 0 atom stereocenters. The predicted molar refractivity (Wildman–Crippen MR) is 121 cm³/mol. The summed E-state index contributed by atoms with van der Waals surface area (Å²) in [7, 11) is 0. The van der Waals surface area contributed by atoms with Crippen molar-refractivity contribution in [3.63, 3.8) is 0 Å². The number of hydrogen-bond donors (Lipinski definition) is 1. The fourth-order valence-electron chi connectivity index (χ4n) is 3.49. The van der Waals surface area contributed by atoms with Gasteiger partial charge in [0.2, 0.25) is 11.5 Å². The van der Waals surface area contributed by atoms with E-state index in [9.17, 15) is 4.79 Å². The van der Waals surface area contributed by atoms with Gasteiger partial charge in [0.25, 0.3) is 0 Å². The van der Waals surface area contributed by atoms with Crippen molar-refractivity contribution in [2.24, 2.45) is 5.92 Å². The molecule has 7 heteroatoms. The maximum Gasteiger partial charge on any atom is 0.229 e. The fourth-order valence-corrected chi connectivity index (χ4v) is 4.12. The van der Waals surface area contributed by atoms with E-state index in [0.29, 0.717) is 43.1 Å². The van der Waals surface area contributed by atoms with Crippen molar-refractivity contribution in [3.05, 3.63) is 69.4 Å². The highest BCUT2D eigenvalue weighted by atomic mass is 35.5. The number of carbonyl (C=O) groups excluding carboxylic acids is 1. The molecule has 0 radical (unpaired) electrons. The van der Waals surface area contributed by atoms with E-state index in [1.165, 1.54) is 0 Å². The van der Waals surface area contributed by atoms with Gasteiger partial charge in [-0.1, -0.05) is 46.9 Å². The first-order valence-corrected chi connectivity index (χ1v) is 10.5. The van der Waals surface area contributed by atoms with Crippen molar-refractivity contribution in [3.8, 4) is 22.4 Å². The lowest BCUT2D eigenvalue weighted by atomic mass is 9.98. The summed E-state index contributed by atoms with van der Waals surface area (Å²) in [5.74, 6) is 0.111. The summed E-state index contributed by atoms with van der Waals surface area (Å²) >= 11 is 18.6. The Morgan fingerprint density at radius 3 is 2.33 bits per heavy atom. The third kappa shape index (κ3) is 3.35. The molecular formula is C23H15Cl3N2O2. The second-order valence-electron chi connectivity index (χ2n) is 7.35. The number of fused-ring (bicyclic) bond motifs is 1. The molecule has 0 bridgehead atoms. The quantitative estimate of drug-likeness (QED) is 0.326. The lowest BCUT2D eigenvalue weighted by Crippen LogP contribution is -2.02. The van der Waals surface area contributed by atoms with Crippen LogP contribution in [0, 0.1) is 5.92 Å². The van der Waals surface area contributed by atoms with Gasteiger partial charge in [0, 0.05) is 27.1 Å². The number of nitrogens with zero attached hydrogens (tertiary/aromatic N) is 1. The Balaban J connectivity index is 1.78. The largest absolute Gasteiger partial charge is 0.432 e. The number of nitrogens with two attached hydrogens (primary N) is 1. The summed E-state index contributed by atoms with van der Waals surface area (Å²) in [5.41, 5.74) is 9.88. The summed E-state index contributed by atoms with van der Waals surface area (Å²) in [6.45, 7) is 0. The Morgan fingerprint density at radius 2 is 1.67 bits per heavy atom. The maximum atomic E-state index is 12.6. The number of nitrogen functional groups attached to an aromatic ring is 1. The maximum absolute atomic E-state index is 12.6. The molecular weight excluding hydrogens is 443 g/mol. The van der Waals surface area contributed by atoms with Gasteiger partial charge in [-0.2, -0.15) is 0 Å². The van der Waals surface area contributed by atoms with Gasteiger partial charge >= 0.3 is 0 Å². The number of furan rings is 1. The number of pyridine rings is 1. The molecule has 2 heterocycles. The van der Waals surface area contributed by atoms with Gasteiger partial charge in [0.05, 0.1) is 21.8 Å². The molecule has 0 unspecified atom stereocenters. The van der Waals surface area contributed by atoms with Crippen LogP contribution in [0.3, 0.4) is 0 Å². The highest BCUT2D eigenvalue weighted by molar-refractivity contribution is 6.36. The van der Waals surface area contributed by atoms with Crippen LogP contribution < -0.4 is 5.73 Å². The molecule has 4 nitrogen and oxygen atoms in total. The lowest BCUT2D eigenvalue weighted by Gasteiger charge is -2.11. The molecule has 2 aromatic carbocycles. The van der Waals surface area contributed by atoms with E-state index in [1.54, 1.807) is 30.3 Å². The van der Waals surface area contributed by atoms with E-state index in [1.807, 2.05) is 18.2 Å². The number of ketones is 1. The van der Waals surface area contributed by atoms with E-state index in [-0.39, 0.29) is 17.5 Å². The van der Waals surface area contributed by atoms with Gasteiger partial charge in [-0.15, -0.1) is 0 Å². The number of carbonyl (C=O) groups is 1. The first kappa shape index (κ1) is 19.4. The summed E-state index contributed by atoms with van der Waals surface area (Å²) in [6.07, 6.45) is 1.73. The first-order chi connectivity index (χ1) is 14.4. The summed E-state index contributed by atoms with van der Waals surface area (Å²) in [5, 5.41) is 2.20. The van der Waals surface area contributed by atoms with Crippen LogP contribution in [0.5, 0.6) is 0 Å². The molecule has 150 valence electrons. The Hall–Kier alpha value is -2.53. The number of benzene rings is 2. The number of aromatic nitrogens is 1. The topological polar surface area (TPSA) is 69.1 Å². The van der Waals surface area contributed by atoms with Crippen molar-refractivity contribution in [1.82, 2.24) is 4.98 Å². The molecule has 2 N–H and O–H groups in total. The molecule has 2 aromatic heterocycles. The summed E-state index contributed by atoms with van der Waals surface area (Å²) < 4.78 is 5.82. The molecule has 4 aromatic rings. The number of anilines is 1. The van der Waals surface area contributed by atoms with Gasteiger partial charge in [0.15, 0.2) is 5.76 Å². The van der Waals surface area contributed by atoms with E-state index >= 15 is 0 Å². The van der Waals surface area contributed by atoms with Gasteiger partial charge in [-0.3, -0.25) is 4.79 Å². The van der Waals surface area contributed by atoms with Crippen LogP contribution >= 0.6 is 34.8 Å². The van der Waals surface area contributed by atoms with Crippen LogP contribution in [-0.2, 0) is 0 Å². The van der Waals surface area contributed by atoms with Gasteiger partial charge in [-0.25, -0.2) is 4.98 Å². The molecule has 30 heavy (non-hydrogen) atoms. The zero-order chi connectivity index (χ0) is 21.0. The smallest absolute Gasteiger partial charge is 0.229 e. The summed E-state index contributed by atoms with van der Waals surface area (Å²) in [4.78, 5) is 17.3. The zero-order valence-corrected chi connectivity index (χ0v) is 17.9. The van der Waals surface area contributed by atoms with Crippen LogP contribution in [0.2, 0.25) is 15.1 Å². The molecule has 1 fully saturated rings. The first-order valence-electron chi connectivity index (χ1n) is 9.41. The molecule has 5 rings (SSSR count). The van der Waals surface area contributed by atoms with Crippen LogP contribution in [0.15, 0.2) is 52.9 Å². The number of halogens is 3. The van der Waals surface area contributed by atoms with E-state index in [4.69, 9.17) is 49.9 Å². The molecule has 1 aliphatic carbocycles. The van der Waals surface area contributed by atoms with E-state index in [2.05, 4.69) is 0 Å². The molecule has 0 amide bonds. The molecule has 1 saturated carbocycles. The van der Waals surface area contributed by atoms with Crippen molar-refractivity contribution in [2.45, 2.75) is 12.8 Å². The minimum atomic E-state index is -0.0652. The predicted octanol–water partition coefficient (Wildman–Crippen LogP) is 7.30. The Kier molecular flexibility index (Phi) is 4.73. The molecule has 0 spiro atoms. The van der Waals surface area contributed by atoms with E-state index in [0.717, 1.165) is 24.0 Å². The third-order valence-corrected chi connectivity index (χ3v) is 6.03. The number of rotatable bonds is 4.